The minimum Gasteiger partial charge on any atom is -0.494 e. The van der Waals surface area contributed by atoms with Gasteiger partial charge in [0.1, 0.15) is 5.75 Å². The van der Waals surface area contributed by atoms with Crippen molar-refractivity contribution in [3.8, 4) is 17.1 Å². The Morgan fingerprint density at radius 3 is 2.62 bits per heavy atom. The second kappa shape index (κ2) is 7.85. The van der Waals surface area contributed by atoms with Gasteiger partial charge in [0.2, 0.25) is 0 Å². The number of hydrogen-bond donors (Lipinski definition) is 0. The topological polar surface area (TPSA) is 39.9 Å². The van der Waals surface area contributed by atoms with E-state index in [1.54, 1.807) is 11.8 Å². The fourth-order valence-corrected chi connectivity index (χ4v) is 3.63. The van der Waals surface area contributed by atoms with E-state index >= 15 is 0 Å². The quantitative estimate of drug-likeness (QED) is 0.546. The van der Waals surface area contributed by atoms with Gasteiger partial charge in [-0.2, -0.15) is 0 Å². The van der Waals surface area contributed by atoms with Crippen LogP contribution >= 0.6 is 27.7 Å². The first-order chi connectivity index (χ1) is 11.7. The first kappa shape index (κ1) is 17.0. The molecule has 0 saturated heterocycles. The third-order valence-electron chi connectivity index (χ3n) is 3.52. The zero-order valence-electron chi connectivity index (χ0n) is 13.6. The number of aromatic nitrogens is 3. The lowest BCUT2D eigenvalue weighted by atomic mass is 10.2. The summed E-state index contributed by atoms with van der Waals surface area (Å²) in [6, 6.07) is 16.2. The molecule has 0 unspecified atom stereocenters. The lowest BCUT2D eigenvalue weighted by Gasteiger charge is -2.06. The van der Waals surface area contributed by atoms with Crippen molar-refractivity contribution >= 4 is 27.7 Å². The number of thioether (sulfide) groups is 1. The molecule has 24 heavy (non-hydrogen) atoms. The molecule has 6 heteroatoms. The molecule has 0 radical (unpaired) electrons. The first-order valence-corrected chi connectivity index (χ1v) is 9.45. The monoisotopic (exact) mass is 403 g/mol. The molecule has 0 spiro atoms. The average Bonchev–Trinajstić information content (AvgIpc) is 2.95. The van der Waals surface area contributed by atoms with Crippen LogP contribution in [0.4, 0.5) is 0 Å². The van der Waals surface area contributed by atoms with Crippen molar-refractivity contribution in [3.63, 3.8) is 0 Å². The highest BCUT2D eigenvalue weighted by atomic mass is 79.9. The number of halogens is 1. The van der Waals surface area contributed by atoms with Crippen molar-refractivity contribution < 1.29 is 4.74 Å². The van der Waals surface area contributed by atoms with Gasteiger partial charge in [0, 0.05) is 22.8 Å². The number of nitrogens with zero attached hydrogens (tertiary/aromatic N) is 3. The van der Waals surface area contributed by atoms with Gasteiger partial charge in [-0.25, -0.2) is 0 Å². The van der Waals surface area contributed by atoms with Gasteiger partial charge in [0.15, 0.2) is 11.0 Å². The van der Waals surface area contributed by atoms with Crippen LogP contribution in [0.1, 0.15) is 12.5 Å². The molecule has 124 valence electrons. The Balaban J connectivity index is 1.73. The van der Waals surface area contributed by atoms with E-state index in [9.17, 15) is 0 Å². The summed E-state index contributed by atoms with van der Waals surface area (Å²) in [6.45, 7) is 2.64. The van der Waals surface area contributed by atoms with E-state index in [-0.39, 0.29) is 0 Å². The smallest absolute Gasteiger partial charge is 0.191 e. The Morgan fingerprint density at radius 2 is 1.92 bits per heavy atom. The standard InChI is InChI=1S/C18H18BrN3OS/c1-3-23-16-9-7-14(8-10-16)17-20-21-18(22(17)2)24-12-13-5-4-6-15(19)11-13/h4-11H,3,12H2,1-2H3. The van der Waals surface area contributed by atoms with E-state index in [1.807, 2.05) is 54.9 Å². The second-order valence-electron chi connectivity index (χ2n) is 5.24. The molecule has 0 atom stereocenters. The highest BCUT2D eigenvalue weighted by Crippen LogP contribution is 2.27. The summed E-state index contributed by atoms with van der Waals surface area (Å²) in [4.78, 5) is 0. The van der Waals surface area contributed by atoms with Gasteiger partial charge in [0.25, 0.3) is 0 Å². The molecule has 0 N–H and O–H groups in total. The molecular formula is C18H18BrN3OS. The molecule has 0 aliphatic carbocycles. The molecule has 0 amide bonds. The molecule has 0 bridgehead atoms. The molecule has 0 fully saturated rings. The number of benzene rings is 2. The third kappa shape index (κ3) is 3.99. The van der Waals surface area contributed by atoms with Crippen molar-refractivity contribution in [2.75, 3.05) is 6.61 Å². The fraction of sp³-hybridized carbons (Fsp3) is 0.222. The fourth-order valence-electron chi connectivity index (χ4n) is 2.33. The minimum atomic E-state index is 0.666. The van der Waals surface area contributed by atoms with Crippen LogP contribution in [0.25, 0.3) is 11.4 Å². The van der Waals surface area contributed by atoms with E-state index in [1.165, 1.54) is 5.56 Å². The van der Waals surface area contributed by atoms with Gasteiger partial charge in [0.05, 0.1) is 6.61 Å². The van der Waals surface area contributed by atoms with Crippen molar-refractivity contribution in [1.29, 1.82) is 0 Å². The molecular weight excluding hydrogens is 386 g/mol. The number of hydrogen-bond acceptors (Lipinski definition) is 4. The molecule has 0 aliphatic heterocycles. The minimum absolute atomic E-state index is 0.666. The predicted octanol–water partition coefficient (Wildman–Crippen LogP) is 4.94. The zero-order chi connectivity index (χ0) is 16.9. The Bertz CT molecular complexity index is 817. The van der Waals surface area contributed by atoms with Gasteiger partial charge in [-0.1, -0.05) is 39.8 Å². The van der Waals surface area contributed by atoms with Crippen LogP contribution in [0.3, 0.4) is 0 Å². The summed E-state index contributed by atoms with van der Waals surface area (Å²) >= 11 is 5.18. The van der Waals surface area contributed by atoms with E-state index in [0.717, 1.165) is 32.5 Å². The highest BCUT2D eigenvalue weighted by Gasteiger charge is 2.11. The van der Waals surface area contributed by atoms with Crippen LogP contribution < -0.4 is 4.74 Å². The maximum Gasteiger partial charge on any atom is 0.191 e. The van der Waals surface area contributed by atoms with Crippen LogP contribution in [0.5, 0.6) is 5.75 Å². The Morgan fingerprint density at radius 1 is 1.12 bits per heavy atom. The zero-order valence-corrected chi connectivity index (χ0v) is 16.0. The van der Waals surface area contributed by atoms with E-state index in [4.69, 9.17) is 4.74 Å². The van der Waals surface area contributed by atoms with E-state index in [2.05, 4.69) is 38.3 Å². The van der Waals surface area contributed by atoms with Crippen molar-refractivity contribution in [3.05, 3.63) is 58.6 Å². The van der Waals surface area contributed by atoms with Crippen LogP contribution in [0, 0.1) is 0 Å². The van der Waals surface area contributed by atoms with Gasteiger partial charge in [-0.05, 0) is 48.9 Å². The Hall–Kier alpha value is -1.79. The van der Waals surface area contributed by atoms with Crippen LogP contribution in [0.15, 0.2) is 58.2 Å². The largest absolute Gasteiger partial charge is 0.494 e. The van der Waals surface area contributed by atoms with Crippen molar-refractivity contribution in [2.24, 2.45) is 7.05 Å². The maximum absolute atomic E-state index is 5.48. The summed E-state index contributed by atoms with van der Waals surface area (Å²) < 4.78 is 8.60. The molecule has 1 aromatic heterocycles. The lowest BCUT2D eigenvalue weighted by Crippen LogP contribution is -1.96. The Kier molecular flexibility index (Phi) is 5.58. The van der Waals surface area contributed by atoms with Crippen LogP contribution in [0.2, 0.25) is 0 Å². The van der Waals surface area contributed by atoms with Crippen LogP contribution in [-0.4, -0.2) is 21.4 Å². The Labute approximate surface area is 154 Å². The normalized spacial score (nSPS) is 10.8. The summed E-state index contributed by atoms with van der Waals surface area (Å²) in [7, 11) is 2.00. The summed E-state index contributed by atoms with van der Waals surface area (Å²) in [6.07, 6.45) is 0. The van der Waals surface area contributed by atoms with Crippen molar-refractivity contribution in [2.45, 2.75) is 17.8 Å². The van der Waals surface area contributed by atoms with Gasteiger partial charge < -0.3 is 9.30 Å². The first-order valence-electron chi connectivity index (χ1n) is 7.67. The predicted molar refractivity (Wildman–Crippen MR) is 101 cm³/mol. The molecule has 0 aliphatic rings. The molecule has 2 aromatic carbocycles. The molecule has 1 heterocycles. The van der Waals surface area contributed by atoms with Gasteiger partial charge in [-0.3, -0.25) is 0 Å². The number of ether oxygens (including phenoxy) is 1. The SMILES string of the molecule is CCOc1ccc(-c2nnc(SCc3cccc(Br)c3)n2C)cc1. The average molecular weight is 404 g/mol. The maximum atomic E-state index is 5.48. The summed E-state index contributed by atoms with van der Waals surface area (Å²) in [5.41, 5.74) is 2.28. The second-order valence-corrected chi connectivity index (χ2v) is 7.10. The summed E-state index contributed by atoms with van der Waals surface area (Å²) in [5, 5.41) is 9.56. The van der Waals surface area contributed by atoms with E-state index in [0.29, 0.717) is 6.61 Å². The molecule has 3 aromatic rings. The summed E-state index contributed by atoms with van der Waals surface area (Å²) in [5.74, 6) is 2.58. The molecule has 0 saturated carbocycles. The highest BCUT2D eigenvalue weighted by molar-refractivity contribution is 9.10. The van der Waals surface area contributed by atoms with Crippen LogP contribution in [-0.2, 0) is 12.8 Å². The third-order valence-corrected chi connectivity index (χ3v) is 5.10. The van der Waals surface area contributed by atoms with Crippen molar-refractivity contribution in [1.82, 2.24) is 14.8 Å². The molecule has 4 nitrogen and oxygen atoms in total. The molecule has 3 rings (SSSR count). The van der Waals surface area contributed by atoms with Gasteiger partial charge in [-0.15, -0.1) is 10.2 Å². The number of rotatable bonds is 6. The van der Waals surface area contributed by atoms with Gasteiger partial charge >= 0.3 is 0 Å². The lowest BCUT2D eigenvalue weighted by molar-refractivity contribution is 0.340. The van der Waals surface area contributed by atoms with E-state index < -0.39 is 0 Å².